The van der Waals surface area contributed by atoms with Gasteiger partial charge in [-0.1, -0.05) is 6.07 Å². The molecule has 4 rings (SSSR count). The van der Waals surface area contributed by atoms with Gasteiger partial charge in [0.2, 0.25) is 11.8 Å². The molecule has 0 radical (unpaired) electrons. The Bertz CT molecular complexity index is 986. The number of nitrogens with one attached hydrogen (secondary N) is 1. The summed E-state index contributed by atoms with van der Waals surface area (Å²) in [6.07, 6.45) is 7.19. The third-order valence-electron chi connectivity index (χ3n) is 4.91. The van der Waals surface area contributed by atoms with E-state index in [-0.39, 0.29) is 11.8 Å². The molecule has 0 aromatic carbocycles. The molecule has 4 heterocycles. The number of carbonyl (C=O) groups is 2. The lowest BCUT2D eigenvalue weighted by molar-refractivity contribution is -0.133. The lowest BCUT2D eigenvalue weighted by atomic mass is 9.95. The highest BCUT2D eigenvalue weighted by Gasteiger charge is 2.35. The van der Waals surface area contributed by atoms with Crippen LogP contribution in [0.5, 0.6) is 0 Å². The number of hydrogen-bond donors (Lipinski definition) is 1. The van der Waals surface area contributed by atoms with Crippen LogP contribution in [0, 0.1) is 0 Å². The summed E-state index contributed by atoms with van der Waals surface area (Å²) in [5, 5.41) is 9.66. The minimum absolute atomic E-state index is 0.0440. The summed E-state index contributed by atoms with van der Waals surface area (Å²) in [5.41, 5.74) is 2.63. The van der Waals surface area contributed by atoms with Crippen LogP contribution >= 0.6 is 11.3 Å². The van der Waals surface area contributed by atoms with E-state index in [0.29, 0.717) is 24.6 Å². The van der Waals surface area contributed by atoms with Gasteiger partial charge in [0.05, 0.1) is 5.69 Å². The topological polar surface area (TPSA) is 93.0 Å². The fourth-order valence-corrected chi connectivity index (χ4v) is 4.08. The average molecular weight is 411 g/mol. The van der Waals surface area contributed by atoms with E-state index < -0.39 is 5.92 Å². The Morgan fingerprint density at radius 2 is 2.17 bits per heavy atom. The van der Waals surface area contributed by atoms with E-state index in [0.717, 1.165) is 29.8 Å². The second-order valence-corrected chi connectivity index (χ2v) is 7.94. The van der Waals surface area contributed by atoms with E-state index in [1.807, 2.05) is 31.4 Å². The van der Waals surface area contributed by atoms with Crippen LogP contribution in [0.1, 0.15) is 35.7 Å². The van der Waals surface area contributed by atoms with Crippen molar-refractivity contribution in [2.75, 3.05) is 11.9 Å². The number of aryl methyl sites for hydroxylation is 2. The van der Waals surface area contributed by atoms with E-state index in [1.165, 1.54) is 11.3 Å². The molecular weight excluding hydrogens is 388 g/mol. The van der Waals surface area contributed by atoms with Crippen LogP contribution in [0.15, 0.2) is 42.2 Å². The van der Waals surface area contributed by atoms with Crippen molar-refractivity contribution in [1.82, 2.24) is 24.6 Å². The number of fused-ring (bicyclic) bond motifs is 1. The number of hydrogen-bond acceptors (Lipinski definition) is 6. The zero-order chi connectivity index (χ0) is 20.2. The Morgan fingerprint density at radius 1 is 1.28 bits per heavy atom. The zero-order valence-electron chi connectivity index (χ0n) is 16.1. The first-order chi connectivity index (χ1) is 14.1. The molecule has 0 saturated heterocycles. The van der Waals surface area contributed by atoms with Gasteiger partial charge in [0.1, 0.15) is 5.92 Å². The Morgan fingerprint density at radius 3 is 2.93 bits per heavy atom. The van der Waals surface area contributed by atoms with E-state index >= 15 is 0 Å². The van der Waals surface area contributed by atoms with Crippen LogP contribution in [0.25, 0.3) is 0 Å². The summed E-state index contributed by atoms with van der Waals surface area (Å²) in [5.74, 6) is -0.656. The fraction of sp³-hybridized carbons (Fsp3) is 0.350. The van der Waals surface area contributed by atoms with Crippen molar-refractivity contribution in [3.05, 3.63) is 59.1 Å². The molecule has 0 saturated carbocycles. The van der Waals surface area contributed by atoms with Gasteiger partial charge < -0.3 is 10.2 Å². The summed E-state index contributed by atoms with van der Waals surface area (Å²) in [7, 11) is 1.83. The number of pyridine rings is 1. The SMILES string of the molecule is Cn1cc2c(n1)[C@H](C(=O)Nc1nccs1)CN(C(=O)CCCc1ccccn1)C2. The summed E-state index contributed by atoms with van der Waals surface area (Å²) in [4.78, 5) is 35.9. The van der Waals surface area contributed by atoms with E-state index in [1.54, 1.807) is 27.4 Å². The average Bonchev–Trinajstić information content (AvgIpc) is 3.36. The zero-order valence-corrected chi connectivity index (χ0v) is 16.9. The highest BCUT2D eigenvalue weighted by atomic mass is 32.1. The molecule has 0 fully saturated rings. The van der Waals surface area contributed by atoms with Gasteiger partial charge in [-0.25, -0.2) is 4.98 Å². The van der Waals surface area contributed by atoms with Crippen LogP contribution < -0.4 is 5.32 Å². The van der Waals surface area contributed by atoms with Gasteiger partial charge in [0.15, 0.2) is 5.13 Å². The van der Waals surface area contributed by atoms with Crippen LogP contribution in [0.3, 0.4) is 0 Å². The molecule has 1 aliphatic rings. The third kappa shape index (κ3) is 4.51. The van der Waals surface area contributed by atoms with Crippen LogP contribution in [0.2, 0.25) is 0 Å². The minimum atomic E-state index is -0.511. The molecule has 1 N–H and O–H groups in total. The summed E-state index contributed by atoms with van der Waals surface area (Å²) >= 11 is 1.36. The maximum Gasteiger partial charge on any atom is 0.237 e. The predicted octanol–water partition coefficient (Wildman–Crippen LogP) is 2.36. The van der Waals surface area contributed by atoms with Crippen LogP contribution in [0.4, 0.5) is 5.13 Å². The quantitative estimate of drug-likeness (QED) is 0.673. The molecular formula is C20H22N6O2S. The molecule has 9 heteroatoms. The van der Waals surface area contributed by atoms with Crippen molar-refractivity contribution >= 4 is 28.3 Å². The lowest BCUT2D eigenvalue weighted by Crippen LogP contribution is -2.42. The maximum atomic E-state index is 12.9. The number of aromatic nitrogens is 4. The predicted molar refractivity (Wildman–Crippen MR) is 109 cm³/mol. The molecule has 1 atom stereocenters. The van der Waals surface area contributed by atoms with Gasteiger partial charge in [-0.2, -0.15) is 5.10 Å². The van der Waals surface area contributed by atoms with Gasteiger partial charge >= 0.3 is 0 Å². The number of rotatable bonds is 6. The molecule has 29 heavy (non-hydrogen) atoms. The molecule has 2 amide bonds. The third-order valence-corrected chi connectivity index (χ3v) is 5.60. The first-order valence-electron chi connectivity index (χ1n) is 9.50. The van der Waals surface area contributed by atoms with Crippen LogP contribution in [-0.4, -0.2) is 43.0 Å². The highest BCUT2D eigenvalue weighted by Crippen LogP contribution is 2.29. The maximum absolute atomic E-state index is 12.9. The minimum Gasteiger partial charge on any atom is -0.337 e. The number of nitrogens with zero attached hydrogens (tertiary/aromatic N) is 5. The molecule has 0 bridgehead atoms. The van der Waals surface area contributed by atoms with Crippen molar-refractivity contribution in [2.45, 2.75) is 31.7 Å². The van der Waals surface area contributed by atoms with Gasteiger partial charge in [0.25, 0.3) is 0 Å². The normalized spacial score (nSPS) is 15.8. The van der Waals surface area contributed by atoms with Crippen molar-refractivity contribution in [3.63, 3.8) is 0 Å². The fourth-order valence-electron chi connectivity index (χ4n) is 3.55. The smallest absolute Gasteiger partial charge is 0.237 e. The summed E-state index contributed by atoms with van der Waals surface area (Å²) in [6.45, 7) is 0.802. The first kappa shape index (κ1) is 19.3. The van der Waals surface area contributed by atoms with Gasteiger partial charge in [-0.05, 0) is 25.0 Å². The Hall–Kier alpha value is -3.07. The van der Waals surface area contributed by atoms with Crippen molar-refractivity contribution in [3.8, 4) is 0 Å². The van der Waals surface area contributed by atoms with E-state index in [4.69, 9.17) is 0 Å². The first-order valence-corrected chi connectivity index (χ1v) is 10.4. The van der Waals surface area contributed by atoms with Gasteiger partial charge in [-0.15, -0.1) is 11.3 Å². The van der Waals surface area contributed by atoms with Gasteiger partial charge in [-0.3, -0.25) is 19.3 Å². The number of carbonyl (C=O) groups excluding carboxylic acids is 2. The summed E-state index contributed by atoms with van der Waals surface area (Å²) < 4.78 is 1.70. The van der Waals surface area contributed by atoms with Crippen molar-refractivity contribution in [2.24, 2.45) is 7.05 Å². The Labute approximate surface area is 172 Å². The second-order valence-electron chi connectivity index (χ2n) is 7.04. The highest BCUT2D eigenvalue weighted by molar-refractivity contribution is 7.13. The summed E-state index contributed by atoms with van der Waals surface area (Å²) in [6, 6.07) is 5.79. The van der Waals surface area contributed by atoms with Gasteiger partial charge in [0, 0.05) is 61.8 Å². The lowest BCUT2D eigenvalue weighted by Gasteiger charge is -2.31. The molecule has 0 aliphatic carbocycles. The van der Waals surface area contributed by atoms with E-state index in [9.17, 15) is 9.59 Å². The Balaban J connectivity index is 1.43. The molecule has 3 aromatic heterocycles. The number of amides is 2. The number of anilines is 1. The molecule has 0 unspecified atom stereocenters. The van der Waals surface area contributed by atoms with Crippen LogP contribution in [-0.2, 0) is 29.6 Å². The monoisotopic (exact) mass is 410 g/mol. The molecule has 0 spiro atoms. The molecule has 1 aliphatic heterocycles. The Kier molecular flexibility index (Phi) is 5.66. The molecule has 150 valence electrons. The molecule has 3 aromatic rings. The largest absolute Gasteiger partial charge is 0.337 e. The standard InChI is InChI=1S/C20H22N6O2S/c1-25-11-14-12-26(17(27)7-4-6-15-5-2-3-8-21-15)13-16(18(14)24-25)19(28)23-20-22-9-10-29-20/h2-3,5,8-11,16H,4,6-7,12-13H2,1H3,(H,22,23,28)/t16-/m1/s1. The van der Waals surface area contributed by atoms with Crippen molar-refractivity contribution in [1.29, 1.82) is 0 Å². The second kappa shape index (κ2) is 8.52. The molecule has 8 nitrogen and oxygen atoms in total. The van der Waals surface area contributed by atoms with Crippen molar-refractivity contribution < 1.29 is 9.59 Å². The number of thiazole rings is 1. The van der Waals surface area contributed by atoms with E-state index in [2.05, 4.69) is 20.4 Å².